The van der Waals surface area contributed by atoms with Gasteiger partial charge in [-0.05, 0) is 38.3 Å². The van der Waals surface area contributed by atoms with Gasteiger partial charge in [0.25, 0.3) is 0 Å². The van der Waals surface area contributed by atoms with Gasteiger partial charge >= 0.3 is 0 Å². The summed E-state index contributed by atoms with van der Waals surface area (Å²) in [6, 6.07) is 8.54. The van der Waals surface area contributed by atoms with Gasteiger partial charge in [0.15, 0.2) is 0 Å². The maximum absolute atomic E-state index is 9.28. The number of nitriles is 1. The summed E-state index contributed by atoms with van der Waals surface area (Å²) >= 11 is 6.11. The largest absolute Gasteiger partial charge is 0.363 e. The molecule has 3 nitrogen and oxygen atoms in total. The lowest BCUT2D eigenvalue weighted by atomic mass is 9.94. The third kappa shape index (κ3) is 2.31. The molecule has 1 saturated heterocycles. The summed E-state index contributed by atoms with van der Waals surface area (Å²) in [5, 5.41) is 9.80. The van der Waals surface area contributed by atoms with Gasteiger partial charge in [0, 0.05) is 18.6 Å². The van der Waals surface area contributed by atoms with E-state index in [1.54, 1.807) is 6.07 Å². The van der Waals surface area contributed by atoms with E-state index in [2.05, 4.69) is 17.9 Å². The number of nitrogens with two attached hydrogens (primary N) is 1. The number of piperidine rings is 1. The molecule has 2 N–H and O–H groups in total. The van der Waals surface area contributed by atoms with E-state index in [1.807, 2.05) is 12.1 Å². The van der Waals surface area contributed by atoms with Crippen LogP contribution in [0.25, 0.3) is 0 Å². The second-order valence-electron chi connectivity index (χ2n) is 4.82. The molecule has 0 saturated carbocycles. The molecule has 96 valence electrons. The third-order valence-corrected chi connectivity index (χ3v) is 4.00. The molecule has 4 heteroatoms. The fourth-order valence-corrected chi connectivity index (χ4v) is 3.00. The number of halogens is 1. The smallest absolute Gasteiger partial charge is 0.103 e. The van der Waals surface area contributed by atoms with E-state index in [-0.39, 0.29) is 0 Å². The van der Waals surface area contributed by atoms with Crippen molar-refractivity contribution in [1.82, 2.24) is 0 Å². The topological polar surface area (TPSA) is 53.0 Å². The molecule has 1 aliphatic rings. The van der Waals surface area contributed by atoms with Crippen molar-refractivity contribution in [2.24, 2.45) is 5.73 Å². The summed E-state index contributed by atoms with van der Waals surface area (Å²) in [6.07, 6.45) is 3.41. The van der Waals surface area contributed by atoms with Crippen LogP contribution in [0.5, 0.6) is 0 Å². The predicted octanol–water partition coefficient (Wildman–Crippen LogP) is 2.92. The first-order valence-electron chi connectivity index (χ1n) is 6.36. The summed E-state index contributed by atoms with van der Waals surface area (Å²) in [5.41, 5.74) is 7.35. The molecule has 2 unspecified atom stereocenters. The van der Waals surface area contributed by atoms with Crippen molar-refractivity contribution < 1.29 is 0 Å². The summed E-state index contributed by atoms with van der Waals surface area (Å²) in [6.45, 7) is 2.80. The first-order chi connectivity index (χ1) is 8.69. The number of anilines is 1. The van der Waals surface area contributed by atoms with Gasteiger partial charge in [0.2, 0.25) is 0 Å². The van der Waals surface area contributed by atoms with Crippen molar-refractivity contribution in [3.05, 3.63) is 28.8 Å². The van der Waals surface area contributed by atoms with Crippen LogP contribution in [0.3, 0.4) is 0 Å². The fourth-order valence-electron chi connectivity index (χ4n) is 2.79. The standard InChI is InChI=1S/C14H18ClN3/c1-10-4-2-5-11(8-16)18(10)14-7-3-6-13(15)12(14)9-17/h3,6-7,10-11H,2,4-5,8,16H2,1H3. The van der Waals surface area contributed by atoms with E-state index in [4.69, 9.17) is 17.3 Å². The van der Waals surface area contributed by atoms with Crippen molar-refractivity contribution in [1.29, 1.82) is 5.26 Å². The third-order valence-electron chi connectivity index (χ3n) is 3.68. The molecule has 0 spiro atoms. The summed E-state index contributed by atoms with van der Waals surface area (Å²) in [4.78, 5) is 2.27. The number of hydrogen-bond acceptors (Lipinski definition) is 3. The molecule has 0 bridgehead atoms. The number of benzene rings is 1. The molecular formula is C14H18ClN3. The van der Waals surface area contributed by atoms with E-state index in [1.165, 1.54) is 6.42 Å². The van der Waals surface area contributed by atoms with Crippen LogP contribution in [-0.4, -0.2) is 18.6 Å². The van der Waals surface area contributed by atoms with Crippen LogP contribution in [0, 0.1) is 11.3 Å². The molecule has 0 amide bonds. The highest BCUT2D eigenvalue weighted by molar-refractivity contribution is 6.32. The zero-order chi connectivity index (χ0) is 13.1. The van der Waals surface area contributed by atoms with E-state index < -0.39 is 0 Å². The van der Waals surface area contributed by atoms with Crippen LogP contribution in [0.1, 0.15) is 31.7 Å². The van der Waals surface area contributed by atoms with Gasteiger partial charge in [-0.3, -0.25) is 0 Å². The van der Waals surface area contributed by atoms with Crippen LogP contribution in [0.4, 0.5) is 5.69 Å². The Morgan fingerprint density at radius 2 is 2.28 bits per heavy atom. The molecule has 2 rings (SSSR count). The molecule has 0 aliphatic carbocycles. The Labute approximate surface area is 113 Å². The molecule has 1 aromatic rings. The molecule has 1 fully saturated rings. The van der Waals surface area contributed by atoms with Crippen LogP contribution in [0.2, 0.25) is 5.02 Å². The summed E-state index contributed by atoms with van der Waals surface area (Å²) < 4.78 is 0. The summed E-state index contributed by atoms with van der Waals surface area (Å²) in [7, 11) is 0. The minimum absolute atomic E-state index is 0.305. The van der Waals surface area contributed by atoms with Gasteiger partial charge in [-0.1, -0.05) is 17.7 Å². The summed E-state index contributed by atoms with van der Waals surface area (Å²) in [5.74, 6) is 0. The van der Waals surface area contributed by atoms with Crippen molar-refractivity contribution >= 4 is 17.3 Å². The van der Waals surface area contributed by atoms with Crippen LogP contribution < -0.4 is 10.6 Å². The SMILES string of the molecule is CC1CCCC(CN)N1c1cccc(Cl)c1C#N. The Bertz CT molecular complexity index is 467. The molecular weight excluding hydrogens is 246 g/mol. The van der Waals surface area contributed by atoms with Gasteiger partial charge in [0.05, 0.1) is 16.3 Å². The van der Waals surface area contributed by atoms with Gasteiger partial charge < -0.3 is 10.6 Å². The Morgan fingerprint density at radius 3 is 2.94 bits per heavy atom. The number of rotatable bonds is 2. The van der Waals surface area contributed by atoms with Crippen LogP contribution >= 0.6 is 11.6 Å². The number of hydrogen-bond donors (Lipinski definition) is 1. The molecule has 2 atom stereocenters. The lowest BCUT2D eigenvalue weighted by Crippen LogP contribution is -2.49. The molecule has 18 heavy (non-hydrogen) atoms. The predicted molar refractivity (Wildman–Crippen MR) is 74.8 cm³/mol. The Morgan fingerprint density at radius 1 is 1.50 bits per heavy atom. The lowest BCUT2D eigenvalue weighted by Gasteiger charge is -2.42. The van der Waals surface area contributed by atoms with Crippen molar-refractivity contribution in [3.63, 3.8) is 0 Å². The average molecular weight is 264 g/mol. The highest BCUT2D eigenvalue weighted by Gasteiger charge is 2.29. The minimum Gasteiger partial charge on any atom is -0.363 e. The maximum Gasteiger partial charge on any atom is 0.103 e. The van der Waals surface area contributed by atoms with E-state index in [9.17, 15) is 5.26 Å². The maximum atomic E-state index is 9.28. The first kappa shape index (κ1) is 13.2. The van der Waals surface area contributed by atoms with Gasteiger partial charge in [-0.25, -0.2) is 0 Å². The highest BCUT2D eigenvalue weighted by Crippen LogP contribution is 2.33. The Hall–Kier alpha value is -1.24. The van der Waals surface area contributed by atoms with Gasteiger partial charge in [-0.15, -0.1) is 0 Å². The second kappa shape index (κ2) is 5.60. The second-order valence-corrected chi connectivity index (χ2v) is 5.23. The Balaban J connectivity index is 2.45. The van der Waals surface area contributed by atoms with Crippen molar-refractivity contribution in [2.45, 2.75) is 38.3 Å². The minimum atomic E-state index is 0.305. The molecule has 0 radical (unpaired) electrons. The molecule has 1 aromatic carbocycles. The highest BCUT2D eigenvalue weighted by atomic mass is 35.5. The van der Waals surface area contributed by atoms with Crippen LogP contribution in [0.15, 0.2) is 18.2 Å². The fraction of sp³-hybridized carbons (Fsp3) is 0.500. The molecule has 1 heterocycles. The van der Waals surface area contributed by atoms with Crippen molar-refractivity contribution in [3.8, 4) is 6.07 Å². The normalized spacial score (nSPS) is 23.8. The van der Waals surface area contributed by atoms with E-state index >= 15 is 0 Å². The quantitative estimate of drug-likeness (QED) is 0.893. The first-order valence-corrected chi connectivity index (χ1v) is 6.73. The molecule has 1 aliphatic heterocycles. The van der Waals surface area contributed by atoms with Crippen molar-refractivity contribution in [2.75, 3.05) is 11.4 Å². The Kier molecular flexibility index (Phi) is 4.11. The van der Waals surface area contributed by atoms with E-state index in [0.29, 0.717) is 29.2 Å². The molecule has 0 aromatic heterocycles. The number of nitrogens with zero attached hydrogens (tertiary/aromatic N) is 2. The van der Waals surface area contributed by atoms with E-state index in [0.717, 1.165) is 18.5 Å². The lowest BCUT2D eigenvalue weighted by molar-refractivity contribution is 0.400. The monoisotopic (exact) mass is 263 g/mol. The van der Waals surface area contributed by atoms with Crippen LogP contribution in [-0.2, 0) is 0 Å². The average Bonchev–Trinajstić information content (AvgIpc) is 2.38. The van der Waals surface area contributed by atoms with Gasteiger partial charge in [-0.2, -0.15) is 5.26 Å². The van der Waals surface area contributed by atoms with Gasteiger partial charge in [0.1, 0.15) is 6.07 Å². The zero-order valence-electron chi connectivity index (χ0n) is 10.6. The zero-order valence-corrected chi connectivity index (χ0v) is 11.3.